The van der Waals surface area contributed by atoms with Crippen LogP contribution in [0.2, 0.25) is 0 Å². The van der Waals surface area contributed by atoms with Crippen molar-refractivity contribution < 1.29 is 9.59 Å². The lowest BCUT2D eigenvalue weighted by Gasteiger charge is -2.05. The summed E-state index contributed by atoms with van der Waals surface area (Å²) in [6.45, 7) is 1.51. The molecule has 1 aliphatic rings. The summed E-state index contributed by atoms with van der Waals surface area (Å²) < 4.78 is 1.79. The standard InChI is InChI=1S/C16H17N3O2/c1-10(20)11-5-3-6-12(9-11)17-16(21)15-13-7-4-8-14(13)19(2)18-15/h3,5-6,9H,4,7-8H2,1-2H3,(H,17,21). The van der Waals surface area contributed by atoms with E-state index in [9.17, 15) is 9.59 Å². The van der Waals surface area contributed by atoms with Gasteiger partial charge in [-0.1, -0.05) is 12.1 Å². The number of carbonyl (C=O) groups excluding carboxylic acids is 2. The molecule has 21 heavy (non-hydrogen) atoms. The third kappa shape index (κ3) is 2.46. The van der Waals surface area contributed by atoms with Crippen molar-refractivity contribution in [3.05, 3.63) is 46.8 Å². The van der Waals surface area contributed by atoms with Gasteiger partial charge in [-0.3, -0.25) is 14.3 Å². The Morgan fingerprint density at radius 2 is 2.10 bits per heavy atom. The van der Waals surface area contributed by atoms with Gasteiger partial charge in [-0.05, 0) is 38.3 Å². The number of rotatable bonds is 3. The average Bonchev–Trinajstić information content (AvgIpc) is 3.03. The lowest BCUT2D eigenvalue weighted by molar-refractivity contribution is 0.100. The predicted molar refractivity (Wildman–Crippen MR) is 79.6 cm³/mol. The third-order valence-electron chi connectivity index (χ3n) is 3.86. The lowest BCUT2D eigenvalue weighted by Crippen LogP contribution is -2.15. The zero-order chi connectivity index (χ0) is 15.0. The highest BCUT2D eigenvalue weighted by molar-refractivity contribution is 6.05. The van der Waals surface area contributed by atoms with Crippen molar-refractivity contribution in [2.24, 2.45) is 7.05 Å². The van der Waals surface area contributed by atoms with Crippen molar-refractivity contribution in [1.82, 2.24) is 9.78 Å². The van der Waals surface area contributed by atoms with E-state index in [0.29, 0.717) is 16.9 Å². The molecular formula is C16H17N3O2. The minimum Gasteiger partial charge on any atom is -0.321 e. The second kappa shape index (κ2) is 5.16. The van der Waals surface area contributed by atoms with Gasteiger partial charge >= 0.3 is 0 Å². The summed E-state index contributed by atoms with van der Waals surface area (Å²) in [6.07, 6.45) is 2.95. The van der Waals surface area contributed by atoms with Crippen molar-refractivity contribution in [3.63, 3.8) is 0 Å². The van der Waals surface area contributed by atoms with Crippen LogP contribution < -0.4 is 5.32 Å². The maximum absolute atomic E-state index is 12.4. The largest absolute Gasteiger partial charge is 0.321 e. The summed E-state index contributed by atoms with van der Waals surface area (Å²) in [7, 11) is 1.87. The first-order chi connectivity index (χ1) is 10.1. The second-order valence-corrected chi connectivity index (χ2v) is 5.34. The van der Waals surface area contributed by atoms with E-state index in [1.807, 2.05) is 7.05 Å². The zero-order valence-corrected chi connectivity index (χ0v) is 12.1. The molecule has 3 rings (SSSR count). The van der Waals surface area contributed by atoms with E-state index < -0.39 is 0 Å². The van der Waals surface area contributed by atoms with Gasteiger partial charge < -0.3 is 5.32 Å². The van der Waals surface area contributed by atoms with Crippen LogP contribution in [-0.4, -0.2) is 21.5 Å². The number of nitrogens with one attached hydrogen (secondary N) is 1. The number of benzene rings is 1. The van der Waals surface area contributed by atoms with Crippen LogP contribution in [-0.2, 0) is 19.9 Å². The topological polar surface area (TPSA) is 64.0 Å². The molecule has 0 unspecified atom stereocenters. The molecule has 0 fully saturated rings. The number of carbonyl (C=O) groups is 2. The first-order valence-electron chi connectivity index (χ1n) is 7.03. The number of amides is 1. The van der Waals surface area contributed by atoms with E-state index in [4.69, 9.17) is 0 Å². The van der Waals surface area contributed by atoms with E-state index in [0.717, 1.165) is 30.5 Å². The Balaban J connectivity index is 1.86. The second-order valence-electron chi connectivity index (χ2n) is 5.34. The molecule has 0 radical (unpaired) electrons. The van der Waals surface area contributed by atoms with Gasteiger partial charge in [-0.2, -0.15) is 5.10 Å². The molecule has 1 amide bonds. The molecule has 5 nitrogen and oxygen atoms in total. The zero-order valence-electron chi connectivity index (χ0n) is 12.1. The van der Waals surface area contributed by atoms with Crippen LogP contribution in [0.1, 0.15) is 45.4 Å². The van der Waals surface area contributed by atoms with Crippen LogP contribution in [0.25, 0.3) is 0 Å². The number of aryl methyl sites for hydroxylation is 1. The molecule has 1 aromatic carbocycles. The van der Waals surface area contributed by atoms with Gasteiger partial charge in [0.05, 0.1) is 0 Å². The summed E-state index contributed by atoms with van der Waals surface area (Å²) in [5, 5.41) is 7.15. The monoisotopic (exact) mass is 283 g/mol. The van der Waals surface area contributed by atoms with E-state index in [2.05, 4.69) is 10.4 Å². The van der Waals surface area contributed by atoms with Gasteiger partial charge in [-0.15, -0.1) is 0 Å². The normalized spacial score (nSPS) is 13.0. The molecule has 1 aliphatic carbocycles. The van der Waals surface area contributed by atoms with E-state index in [1.54, 1.807) is 28.9 Å². The third-order valence-corrected chi connectivity index (χ3v) is 3.86. The van der Waals surface area contributed by atoms with Gasteiger partial charge in [-0.25, -0.2) is 0 Å². The highest BCUT2D eigenvalue weighted by Crippen LogP contribution is 2.25. The summed E-state index contributed by atoms with van der Waals surface area (Å²) >= 11 is 0. The van der Waals surface area contributed by atoms with Gasteiger partial charge in [0, 0.05) is 29.6 Å². The van der Waals surface area contributed by atoms with Crippen molar-refractivity contribution in [2.45, 2.75) is 26.2 Å². The molecule has 5 heteroatoms. The molecule has 0 bridgehead atoms. The van der Waals surface area contributed by atoms with Crippen molar-refractivity contribution >= 4 is 17.4 Å². The van der Waals surface area contributed by atoms with Crippen LogP contribution in [0.5, 0.6) is 0 Å². The molecule has 0 aliphatic heterocycles. The summed E-state index contributed by atoms with van der Waals surface area (Å²) in [4.78, 5) is 23.8. The number of anilines is 1. The van der Waals surface area contributed by atoms with Crippen LogP contribution >= 0.6 is 0 Å². The molecule has 0 saturated carbocycles. The smallest absolute Gasteiger partial charge is 0.276 e. The van der Waals surface area contributed by atoms with Crippen molar-refractivity contribution in [1.29, 1.82) is 0 Å². The molecule has 0 atom stereocenters. The average molecular weight is 283 g/mol. The Morgan fingerprint density at radius 1 is 1.29 bits per heavy atom. The number of nitrogens with zero attached hydrogens (tertiary/aromatic N) is 2. The highest BCUT2D eigenvalue weighted by Gasteiger charge is 2.25. The minimum absolute atomic E-state index is 0.0233. The first-order valence-corrected chi connectivity index (χ1v) is 7.03. The summed E-state index contributed by atoms with van der Waals surface area (Å²) in [5.74, 6) is -0.237. The van der Waals surface area contributed by atoms with E-state index >= 15 is 0 Å². The highest BCUT2D eigenvalue weighted by atomic mass is 16.2. The molecule has 2 aromatic rings. The number of ketones is 1. The van der Waals surface area contributed by atoms with Crippen LogP contribution in [0.4, 0.5) is 5.69 Å². The molecule has 0 spiro atoms. The quantitative estimate of drug-likeness (QED) is 0.879. The van der Waals surface area contributed by atoms with E-state index in [1.165, 1.54) is 6.92 Å². The minimum atomic E-state index is -0.213. The number of aromatic nitrogens is 2. The number of Topliss-reactive ketones (excluding diaryl/α,β-unsaturated/α-hetero) is 1. The van der Waals surface area contributed by atoms with Crippen molar-refractivity contribution in [3.8, 4) is 0 Å². The molecule has 108 valence electrons. The predicted octanol–water partition coefficient (Wildman–Crippen LogP) is 2.36. The van der Waals surface area contributed by atoms with Crippen LogP contribution in [0, 0.1) is 0 Å². The maximum Gasteiger partial charge on any atom is 0.276 e. The summed E-state index contributed by atoms with van der Waals surface area (Å²) in [5.41, 5.74) is 3.90. The molecule has 0 saturated heterocycles. The molecule has 1 heterocycles. The lowest BCUT2D eigenvalue weighted by atomic mass is 10.1. The van der Waals surface area contributed by atoms with Crippen LogP contribution in [0.3, 0.4) is 0 Å². The molecule has 1 aromatic heterocycles. The molecular weight excluding hydrogens is 266 g/mol. The Morgan fingerprint density at radius 3 is 2.86 bits per heavy atom. The van der Waals surface area contributed by atoms with E-state index in [-0.39, 0.29) is 11.7 Å². The fourth-order valence-corrected chi connectivity index (χ4v) is 2.80. The Labute approximate surface area is 123 Å². The fourth-order valence-electron chi connectivity index (χ4n) is 2.80. The Hall–Kier alpha value is -2.43. The number of fused-ring (bicyclic) bond motifs is 1. The van der Waals surface area contributed by atoms with Crippen LogP contribution in [0.15, 0.2) is 24.3 Å². The van der Waals surface area contributed by atoms with Crippen molar-refractivity contribution in [2.75, 3.05) is 5.32 Å². The summed E-state index contributed by atoms with van der Waals surface area (Å²) in [6, 6.07) is 6.95. The Kier molecular flexibility index (Phi) is 3.33. The van der Waals surface area contributed by atoms with Gasteiger partial charge in [0.1, 0.15) is 0 Å². The SMILES string of the molecule is CC(=O)c1cccc(NC(=O)c2nn(C)c3c2CCC3)c1. The van der Waals surface area contributed by atoms with Gasteiger partial charge in [0.15, 0.2) is 11.5 Å². The number of hydrogen-bond acceptors (Lipinski definition) is 3. The van der Waals surface area contributed by atoms with Gasteiger partial charge in [0.2, 0.25) is 0 Å². The first kappa shape index (κ1) is 13.5. The fraction of sp³-hybridized carbons (Fsp3) is 0.312. The van der Waals surface area contributed by atoms with Gasteiger partial charge in [0.25, 0.3) is 5.91 Å². The number of hydrogen-bond donors (Lipinski definition) is 1. The molecule has 1 N–H and O–H groups in total. The Bertz CT molecular complexity index is 731. The maximum atomic E-state index is 12.4.